The number of carbonyl (C=O) groups excluding carboxylic acids is 1. The van der Waals surface area contributed by atoms with Gasteiger partial charge in [0.2, 0.25) is 6.41 Å². The normalized spacial score (nSPS) is 11.2. The third-order valence-electron chi connectivity index (χ3n) is 3.65. The maximum atomic E-state index is 10.2. The molecule has 4 nitrogen and oxygen atoms in total. The van der Waals surface area contributed by atoms with Crippen LogP contribution in [0.2, 0.25) is 0 Å². The van der Waals surface area contributed by atoms with Gasteiger partial charge in [0, 0.05) is 25.2 Å². The number of hydrogen-bond acceptors (Lipinski definition) is 2. The Bertz CT molecular complexity index is 379. The van der Waals surface area contributed by atoms with Crippen molar-refractivity contribution in [2.24, 2.45) is 0 Å². The molecule has 0 aromatic heterocycles. The van der Waals surface area contributed by atoms with E-state index in [9.17, 15) is 4.79 Å². The molecule has 0 saturated heterocycles. The van der Waals surface area contributed by atoms with Crippen LogP contribution in [0.3, 0.4) is 0 Å². The van der Waals surface area contributed by atoms with Gasteiger partial charge in [-0.05, 0) is 19.1 Å². The molecule has 0 saturated carbocycles. The molecule has 0 atom stereocenters. The molecule has 20 heavy (non-hydrogen) atoms. The van der Waals surface area contributed by atoms with Crippen molar-refractivity contribution < 1.29 is 9.28 Å². The number of carbonyl (C=O) groups is 1. The number of anilines is 1. The molecule has 0 unspecified atom stereocenters. The fraction of sp³-hybridized carbons (Fsp3) is 0.562. The topological polar surface area (TPSA) is 32.3 Å². The number of hydrogen-bond donors (Lipinski definition) is 1. The average molecular weight is 278 g/mol. The summed E-state index contributed by atoms with van der Waals surface area (Å²) in [6.45, 7) is 7.21. The lowest BCUT2D eigenvalue weighted by Gasteiger charge is -2.33. The van der Waals surface area contributed by atoms with Gasteiger partial charge >= 0.3 is 0 Å². The number of likely N-dealkylation sites (N-methyl/N-ethyl adjacent to an activating group) is 2. The van der Waals surface area contributed by atoms with Gasteiger partial charge < -0.3 is 14.7 Å². The molecule has 1 N–H and O–H groups in total. The maximum Gasteiger partial charge on any atom is 0.207 e. The fourth-order valence-electron chi connectivity index (χ4n) is 2.28. The first-order chi connectivity index (χ1) is 9.59. The zero-order valence-corrected chi connectivity index (χ0v) is 13.0. The summed E-state index contributed by atoms with van der Waals surface area (Å²) in [6.07, 6.45) is 1.79. The summed E-state index contributed by atoms with van der Waals surface area (Å²) in [4.78, 5) is 12.6. The number of nitrogens with one attached hydrogen (secondary N) is 1. The van der Waals surface area contributed by atoms with Crippen LogP contribution in [-0.2, 0) is 4.79 Å². The average Bonchev–Trinajstić information content (AvgIpc) is 2.45. The summed E-state index contributed by atoms with van der Waals surface area (Å²) < 4.78 is 0.976. The molecule has 0 aliphatic heterocycles. The number of nitrogens with zero attached hydrogens (tertiary/aromatic N) is 2. The highest BCUT2D eigenvalue weighted by molar-refractivity contribution is 5.46. The molecular formula is C16H28N3O+. The first-order valence-electron chi connectivity index (χ1n) is 7.38. The minimum absolute atomic E-state index is 0.765. The Kier molecular flexibility index (Phi) is 7.09. The first-order valence-corrected chi connectivity index (χ1v) is 7.38. The van der Waals surface area contributed by atoms with Gasteiger partial charge in [-0.2, -0.15) is 0 Å². The number of para-hydroxylation sites is 1. The van der Waals surface area contributed by atoms with Crippen molar-refractivity contribution in [1.82, 2.24) is 5.32 Å². The molecule has 0 heterocycles. The third kappa shape index (κ3) is 6.06. The van der Waals surface area contributed by atoms with E-state index in [2.05, 4.69) is 61.6 Å². The van der Waals surface area contributed by atoms with Crippen LogP contribution in [0.5, 0.6) is 0 Å². The zero-order chi connectivity index (χ0) is 14.8. The largest absolute Gasteiger partial charge is 0.366 e. The lowest BCUT2D eigenvalue weighted by Crippen LogP contribution is -2.46. The molecule has 0 aliphatic rings. The van der Waals surface area contributed by atoms with Crippen LogP contribution >= 0.6 is 0 Å². The fourth-order valence-corrected chi connectivity index (χ4v) is 2.28. The predicted octanol–water partition coefficient (Wildman–Crippen LogP) is 1.73. The molecular weight excluding hydrogens is 250 g/mol. The van der Waals surface area contributed by atoms with Crippen molar-refractivity contribution in [3.05, 3.63) is 30.3 Å². The van der Waals surface area contributed by atoms with Crippen LogP contribution in [0, 0.1) is 0 Å². The van der Waals surface area contributed by atoms with E-state index in [0.717, 1.165) is 50.0 Å². The second-order valence-electron chi connectivity index (χ2n) is 5.72. The van der Waals surface area contributed by atoms with E-state index >= 15 is 0 Å². The molecule has 1 amide bonds. The van der Waals surface area contributed by atoms with E-state index in [-0.39, 0.29) is 0 Å². The number of amides is 1. The molecule has 4 heteroatoms. The smallest absolute Gasteiger partial charge is 0.207 e. The molecule has 1 rings (SSSR count). The third-order valence-corrected chi connectivity index (χ3v) is 3.65. The number of quaternary nitrogens is 1. The van der Waals surface area contributed by atoms with Crippen LogP contribution in [0.1, 0.15) is 13.3 Å². The van der Waals surface area contributed by atoms with E-state index in [1.165, 1.54) is 5.69 Å². The molecule has 1 aromatic carbocycles. The summed E-state index contributed by atoms with van der Waals surface area (Å²) in [7, 11) is 4.50. The highest BCUT2D eigenvalue weighted by Gasteiger charge is 2.16. The van der Waals surface area contributed by atoms with E-state index in [4.69, 9.17) is 0 Å². The van der Waals surface area contributed by atoms with Crippen molar-refractivity contribution >= 4 is 12.1 Å². The Morgan fingerprint density at radius 2 is 1.90 bits per heavy atom. The molecule has 1 aromatic rings. The van der Waals surface area contributed by atoms with Crippen molar-refractivity contribution in [3.8, 4) is 0 Å². The first kappa shape index (κ1) is 16.5. The van der Waals surface area contributed by atoms with Gasteiger partial charge in [0.05, 0.1) is 33.7 Å². The van der Waals surface area contributed by atoms with E-state index in [0.29, 0.717) is 0 Å². The summed E-state index contributed by atoms with van der Waals surface area (Å²) >= 11 is 0. The van der Waals surface area contributed by atoms with Gasteiger partial charge in [-0.25, -0.2) is 0 Å². The van der Waals surface area contributed by atoms with Crippen molar-refractivity contribution in [2.45, 2.75) is 13.3 Å². The Morgan fingerprint density at radius 3 is 2.50 bits per heavy atom. The molecule has 0 fully saturated rings. The summed E-state index contributed by atoms with van der Waals surface area (Å²) in [5, 5.41) is 2.72. The Morgan fingerprint density at radius 1 is 1.20 bits per heavy atom. The monoisotopic (exact) mass is 278 g/mol. The number of benzene rings is 1. The molecule has 0 aliphatic carbocycles. The summed E-state index contributed by atoms with van der Waals surface area (Å²) in [5.74, 6) is 0. The standard InChI is InChI=1S/C16H27N3O/c1-4-18(16-9-6-5-7-10-16)12-14-19(2,3)13-8-11-17-15-20/h5-7,9-10,15H,4,8,11-14H2,1-3H3/p+1. The van der Waals surface area contributed by atoms with Crippen LogP contribution in [0.25, 0.3) is 0 Å². The second-order valence-corrected chi connectivity index (χ2v) is 5.72. The van der Waals surface area contributed by atoms with E-state index < -0.39 is 0 Å². The van der Waals surface area contributed by atoms with Gasteiger partial charge in [0.1, 0.15) is 0 Å². The zero-order valence-electron chi connectivity index (χ0n) is 13.0. The minimum Gasteiger partial charge on any atom is -0.366 e. The number of rotatable bonds is 10. The van der Waals surface area contributed by atoms with Crippen LogP contribution in [-0.4, -0.2) is 57.7 Å². The maximum absolute atomic E-state index is 10.2. The quantitative estimate of drug-likeness (QED) is 0.401. The Balaban J connectivity index is 2.40. The predicted molar refractivity (Wildman–Crippen MR) is 84.9 cm³/mol. The summed E-state index contributed by atoms with van der Waals surface area (Å²) in [6, 6.07) is 10.6. The van der Waals surface area contributed by atoms with E-state index in [1.54, 1.807) is 0 Å². The Hall–Kier alpha value is -1.55. The van der Waals surface area contributed by atoms with Crippen LogP contribution in [0.15, 0.2) is 30.3 Å². The highest BCUT2D eigenvalue weighted by Crippen LogP contribution is 2.13. The molecule has 0 bridgehead atoms. The molecule has 0 spiro atoms. The summed E-state index contributed by atoms with van der Waals surface area (Å²) in [5.41, 5.74) is 1.29. The second kappa shape index (κ2) is 8.59. The lowest BCUT2D eigenvalue weighted by atomic mass is 10.2. The SMILES string of the molecule is CCN(CC[N+](C)(C)CCCNC=O)c1ccccc1. The highest BCUT2D eigenvalue weighted by atomic mass is 16.1. The molecule has 112 valence electrons. The van der Waals surface area contributed by atoms with Crippen molar-refractivity contribution in [3.63, 3.8) is 0 Å². The van der Waals surface area contributed by atoms with Gasteiger partial charge in [0.25, 0.3) is 0 Å². The minimum atomic E-state index is 0.765. The molecule has 0 radical (unpaired) electrons. The Labute approximate surface area is 123 Å². The van der Waals surface area contributed by atoms with E-state index in [1.807, 2.05) is 0 Å². The van der Waals surface area contributed by atoms with Crippen molar-refractivity contribution in [2.75, 3.05) is 51.7 Å². The van der Waals surface area contributed by atoms with Crippen LogP contribution in [0.4, 0.5) is 5.69 Å². The van der Waals surface area contributed by atoms with Gasteiger partial charge in [-0.3, -0.25) is 4.79 Å². The van der Waals surface area contributed by atoms with Gasteiger partial charge in [-0.15, -0.1) is 0 Å². The lowest BCUT2D eigenvalue weighted by molar-refractivity contribution is -0.888. The van der Waals surface area contributed by atoms with Gasteiger partial charge in [0.15, 0.2) is 0 Å². The van der Waals surface area contributed by atoms with Crippen LogP contribution < -0.4 is 10.2 Å². The van der Waals surface area contributed by atoms with Gasteiger partial charge in [-0.1, -0.05) is 18.2 Å². The van der Waals surface area contributed by atoms with Crippen molar-refractivity contribution in [1.29, 1.82) is 0 Å².